The molecule has 0 bridgehead atoms. The van der Waals surface area contributed by atoms with E-state index in [0.717, 1.165) is 25.7 Å². The van der Waals surface area contributed by atoms with Gasteiger partial charge in [-0.2, -0.15) is 0 Å². The molecule has 1 N–H and O–H groups in total. The smallest absolute Gasteiger partial charge is 0.0839 e. The fraction of sp³-hybridized carbons (Fsp3) is 0.900. The van der Waals surface area contributed by atoms with E-state index in [4.69, 9.17) is 4.74 Å². The van der Waals surface area contributed by atoms with Crippen LogP contribution >= 0.6 is 0 Å². The molecule has 0 radical (unpaired) electrons. The zero-order chi connectivity index (χ0) is 16.4. The molecule has 1 saturated heterocycles. The lowest BCUT2D eigenvalue weighted by Gasteiger charge is -2.65. The van der Waals surface area contributed by atoms with E-state index in [1.54, 1.807) is 0 Å². The van der Waals surface area contributed by atoms with Crippen LogP contribution in [0.3, 0.4) is 0 Å². The Bertz CT molecular complexity index is 470. The molecular formula is C20H34O2. The number of rotatable bonds is 1. The van der Waals surface area contributed by atoms with Gasteiger partial charge in [-0.05, 0) is 75.0 Å². The fourth-order valence-electron chi connectivity index (χ4n) is 6.69. The van der Waals surface area contributed by atoms with Gasteiger partial charge in [0.2, 0.25) is 0 Å². The van der Waals surface area contributed by atoms with Crippen LogP contribution in [0.2, 0.25) is 0 Å². The minimum Gasteiger partial charge on any atom is -0.393 e. The average Bonchev–Trinajstić information content (AvgIpc) is 2.35. The highest BCUT2D eigenvalue weighted by Gasteiger charge is 2.62. The third-order valence-electron chi connectivity index (χ3n) is 7.47. The maximum Gasteiger partial charge on any atom is 0.0839 e. The van der Waals surface area contributed by atoms with Gasteiger partial charge in [0, 0.05) is 0 Å². The van der Waals surface area contributed by atoms with E-state index < -0.39 is 0 Å². The summed E-state index contributed by atoms with van der Waals surface area (Å²) in [5.41, 5.74) is 0.167. The molecule has 2 nitrogen and oxygen atoms in total. The first-order valence-corrected chi connectivity index (χ1v) is 9.07. The van der Waals surface area contributed by atoms with Crippen molar-refractivity contribution >= 4 is 0 Å². The van der Waals surface area contributed by atoms with Gasteiger partial charge >= 0.3 is 0 Å². The minimum absolute atomic E-state index is 0.0699. The number of hydrogen-bond acceptors (Lipinski definition) is 2. The largest absolute Gasteiger partial charge is 0.393 e. The molecule has 22 heavy (non-hydrogen) atoms. The molecule has 1 aliphatic heterocycles. The van der Waals surface area contributed by atoms with Crippen LogP contribution in [0.1, 0.15) is 73.1 Å². The van der Waals surface area contributed by atoms with Crippen molar-refractivity contribution in [3.63, 3.8) is 0 Å². The van der Waals surface area contributed by atoms with Gasteiger partial charge in [-0.3, -0.25) is 0 Å². The van der Waals surface area contributed by atoms with Crippen molar-refractivity contribution in [2.75, 3.05) is 0 Å². The van der Waals surface area contributed by atoms with Gasteiger partial charge < -0.3 is 9.84 Å². The molecule has 0 aromatic carbocycles. The second-order valence-corrected chi connectivity index (χ2v) is 9.67. The van der Waals surface area contributed by atoms with Gasteiger partial charge in [-0.1, -0.05) is 26.8 Å². The topological polar surface area (TPSA) is 29.5 Å². The standard InChI is InChI=1S/C20H34O2/c1-7-18(4)10-8-16-19(5)13-14(21)12-17(2,3)15(19)9-11-20(16,6)22-18/h7,14-16,21H,1,8-13H2,2-6H3/t14-,15-,16+,18+,19-,20+/m1/s1. The second kappa shape index (κ2) is 4.83. The van der Waals surface area contributed by atoms with Crippen LogP contribution in [-0.4, -0.2) is 22.4 Å². The average molecular weight is 306 g/mol. The Morgan fingerprint density at radius 3 is 2.27 bits per heavy atom. The van der Waals surface area contributed by atoms with E-state index in [2.05, 4.69) is 41.2 Å². The molecule has 2 heteroatoms. The molecule has 3 fully saturated rings. The molecule has 0 spiro atoms. The van der Waals surface area contributed by atoms with Crippen molar-refractivity contribution in [3.8, 4) is 0 Å². The van der Waals surface area contributed by atoms with Crippen molar-refractivity contribution in [2.45, 2.75) is 90.4 Å². The number of aliphatic hydroxyl groups is 1. The van der Waals surface area contributed by atoms with Crippen LogP contribution < -0.4 is 0 Å². The first kappa shape index (κ1) is 16.5. The Balaban J connectivity index is 1.97. The van der Waals surface area contributed by atoms with E-state index >= 15 is 0 Å². The van der Waals surface area contributed by atoms with E-state index in [1.807, 2.05) is 6.08 Å². The molecule has 3 aliphatic rings. The molecule has 126 valence electrons. The molecule has 2 aliphatic carbocycles. The molecule has 0 aromatic heterocycles. The van der Waals surface area contributed by atoms with Crippen LogP contribution in [0.5, 0.6) is 0 Å². The first-order valence-electron chi connectivity index (χ1n) is 9.07. The summed E-state index contributed by atoms with van der Waals surface area (Å²) in [5.74, 6) is 1.24. The summed E-state index contributed by atoms with van der Waals surface area (Å²) in [7, 11) is 0. The van der Waals surface area contributed by atoms with Gasteiger partial charge in [0.25, 0.3) is 0 Å². The molecule has 6 atom stereocenters. The molecule has 3 rings (SSSR count). The lowest BCUT2D eigenvalue weighted by atomic mass is 9.44. The number of fused-ring (bicyclic) bond motifs is 3. The summed E-state index contributed by atoms with van der Waals surface area (Å²) in [4.78, 5) is 0. The van der Waals surface area contributed by atoms with Crippen LogP contribution in [0, 0.1) is 22.7 Å². The molecule has 1 heterocycles. The van der Waals surface area contributed by atoms with Crippen LogP contribution in [0.4, 0.5) is 0 Å². The maximum absolute atomic E-state index is 10.5. The zero-order valence-electron chi connectivity index (χ0n) is 15.1. The normalized spacial score (nSPS) is 54.2. The highest BCUT2D eigenvalue weighted by atomic mass is 16.5. The predicted octanol–water partition coefficient (Wildman–Crippen LogP) is 4.71. The van der Waals surface area contributed by atoms with E-state index in [1.165, 1.54) is 12.8 Å². The highest BCUT2D eigenvalue weighted by molar-refractivity contribution is 5.13. The van der Waals surface area contributed by atoms with Crippen molar-refractivity contribution in [2.24, 2.45) is 22.7 Å². The highest BCUT2D eigenvalue weighted by Crippen LogP contribution is 2.65. The maximum atomic E-state index is 10.5. The van der Waals surface area contributed by atoms with Crippen LogP contribution in [-0.2, 0) is 4.74 Å². The lowest BCUT2D eigenvalue weighted by Crippen LogP contribution is -2.63. The summed E-state index contributed by atoms with van der Waals surface area (Å²) in [6, 6.07) is 0. The number of hydrogen-bond donors (Lipinski definition) is 1. The number of ether oxygens (including phenoxy) is 1. The Morgan fingerprint density at radius 1 is 1.00 bits per heavy atom. The van der Waals surface area contributed by atoms with Gasteiger partial charge in [0.05, 0.1) is 17.3 Å². The summed E-state index contributed by atoms with van der Waals surface area (Å²) in [6.07, 6.45) is 8.31. The Hall–Kier alpha value is -0.340. The van der Waals surface area contributed by atoms with E-state index in [-0.39, 0.29) is 28.1 Å². The summed E-state index contributed by atoms with van der Waals surface area (Å²) in [5, 5.41) is 10.5. The van der Waals surface area contributed by atoms with Crippen molar-refractivity contribution in [3.05, 3.63) is 12.7 Å². The quantitative estimate of drug-likeness (QED) is 0.711. The second-order valence-electron chi connectivity index (χ2n) is 9.67. The van der Waals surface area contributed by atoms with Gasteiger partial charge in [-0.15, -0.1) is 6.58 Å². The molecule has 2 saturated carbocycles. The fourth-order valence-corrected chi connectivity index (χ4v) is 6.69. The van der Waals surface area contributed by atoms with Crippen molar-refractivity contribution in [1.29, 1.82) is 0 Å². The molecule has 0 unspecified atom stereocenters. The third kappa shape index (κ3) is 2.29. The summed E-state index contributed by atoms with van der Waals surface area (Å²) < 4.78 is 6.63. The Labute approximate surface area is 136 Å². The SMILES string of the molecule is C=C[C@@]1(C)CC[C@H]2[C@]3(C)C[C@H](O)CC(C)(C)[C@H]3CC[C@]2(C)O1. The monoisotopic (exact) mass is 306 g/mol. The lowest BCUT2D eigenvalue weighted by molar-refractivity contribution is -0.260. The number of aliphatic hydroxyl groups excluding tert-OH is 1. The van der Waals surface area contributed by atoms with Gasteiger partial charge in [0.15, 0.2) is 0 Å². The molecule has 0 aromatic rings. The van der Waals surface area contributed by atoms with Crippen molar-refractivity contribution < 1.29 is 9.84 Å². The van der Waals surface area contributed by atoms with Crippen LogP contribution in [0.15, 0.2) is 12.7 Å². The van der Waals surface area contributed by atoms with Gasteiger partial charge in [-0.25, -0.2) is 0 Å². The van der Waals surface area contributed by atoms with Crippen LogP contribution in [0.25, 0.3) is 0 Å². The van der Waals surface area contributed by atoms with Gasteiger partial charge in [0.1, 0.15) is 0 Å². The predicted molar refractivity (Wildman–Crippen MR) is 90.7 cm³/mol. The van der Waals surface area contributed by atoms with Crippen molar-refractivity contribution in [1.82, 2.24) is 0 Å². The Kier molecular flexibility index (Phi) is 3.63. The summed E-state index contributed by atoms with van der Waals surface area (Å²) >= 11 is 0. The van der Waals surface area contributed by atoms with E-state index in [9.17, 15) is 5.11 Å². The minimum atomic E-state index is -0.183. The first-order chi connectivity index (χ1) is 10.0. The Morgan fingerprint density at radius 2 is 1.64 bits per heavy atom. The zero-order valence-corrected chi connectivity index (χ0v) is 15.1. The summed E-state index contributed by atoms with van der Waals surface area (Å²) in [6.45, 7) is 15.6. The molecule has 0 amide bonds. The van der Waals surface area contributed by atoms with E-state index in [0.29, 0.717) is 11.8 Å². The molecular weight excluding hydrogens is 272 g/mol. The third-order valence-corrected chi connectivity index (χ3v) is 7.47.